The van der Waals surface area contributed by atoms with E-state index < -0.39 is 11.7 Å². The molecule has 3 aromatic heterocycles. The second kappa shape index (κ2) is 11.5. The summed E-state index contributed by atoms with van der Waals surface area (Å²) in [7, 11) is 0. The zero-order valence-electron chi connectivity index (χ0n) is 24.4. The van der Waals surface area contributed by atoms with Crippen LogP contribution in [-0.4, -0.2) is 38.2 Å². The SMILES string of the molecule is CC(C)(C)OC(=O)NCCCCc1ncc(-c2ccc3c(=O)c4cc(-c5cnc(C6CCCC6)[nH]5)ccc4oc3c2)[nH]1. The van der Waals surface area contributed by atoms with Gasteiger partial charge < -0.3 is 24.4 Å². The molecule has 1 saturated carbocycles. The Labute approximate surface area is 244 Å². The van der Waals surface area contributed by atoms with Crippen LogP contribution in [-0.2, 0) is 11.2 Å². The first-order chi connectivity index (χ1) is 20.2. The third-order valence-electron chi connectivity index (χ3n) is 7.77. The van der Waals surface area contributed by atoms with Gasteiger partial charge in [-0.15, -0.1) is 0 Å². The maximum Gasteiger partial charge on any atom is 0.407 e. The van der Waals surface area contributed by atoms with Crippen LogP contribution in [0.2, 0.25) is 0 Å². The maximum atomic E-state index is 13.5. The number of aryl methyl sites for hydroxylation is 1. The number of amides is 1. The molecule has 6 rings (SSSR count). The molecule has 0 aliphatic heterocycles. The average molecular weight is 568 g/mol. The van der Waals surface area contributed by atoms with Gasteiger partial charge in [-0.3, -0.25) is 4.79 Å². The first-order valence-corrected chi connectivity index (χ1v) is 14.8. The second-order valence-electron chi connectivity index (χ2n) is 12.1. The number of ether oxygens (including phenoxy) is 1. The van der Waals surface area contributed by atoms with E-state index in [4.69, 9.17) is 9.15 Å². The number of unbranched alkanes of at least 4 members (excludes halogenated alkanes) is 1. The molecule has 1 fully saturated rings. The normalized spacial score (nSPS) is 14.2. The predicted octanol–water partition coefficient (Wildman–Crippen LogP) is 7.23. The standard InChI is InChI=1S/C33H37N5O4/c1-33(2,3)42-32(40)34-15-7-6-10-29-35-18-25(37-29)22-11-13-23-28(17-22)41-27-14-12-21(16-24(27)30(23)39)26-19-36-31(38-26)20-8-4-5-9-20/h11-14,16-20H,4-10,15H2,1-3H3,(H,34,40)(H,35,37)(H,36,38). The Morgan fingerprint density at radius 2 is 1.69 bits per heavy atom. The number of hydrogen-bond donors (Lipinski definition) is 3. The number of alkyl carbamates (subject to hydrolysis) is 1. The molecule has 0 spiro atoms. The second-order valence-corrected chi connectivity index (χ2v) is 12.1. The number of nitrogens with zero attached hydrogens (tertiary/aromatic N) is 2. The van der Waals surface area contributed by atoms with Crippen LogP contribution in [0.4, 0.5) is 4.79 Å². The topological polar surface area (TPSA) is 126 Å². The lowest BCUT2D eigenvalue weighted by Gasteiger charge is -2.19. The minimum Gasteiger partial charge on any atom is -0.456 e. The van der Waals surface area contributed by atoms with Crippen molar-refractivity contribution in [3.63, 3.8) is 0 Å². The fourth-order valence-electron chi connectivity index (χ4n) is 5.64. The number of aromatic nitrogens is 4. The molecule has 0 bridgehead atoms. The van der Waals surface area contributed by atoms with Crippen molar-refractivity contribution >= 4 is 28.0 Å². The summed E-state index contributed by atoms with van der Waals surface area (Å²) in [5.74, 6) is 2.41. The van der Waals surface area contributed by atoms with Crippen molar-refractivity contribution in [3.05, 3.63) is 70.7 Å². The molecule has 0 radical (unpaired) electrons. The largest absolute Gasteiger partial charge is 0.456 e. The zero-order valence-corrected chi connectivity index (χ0v) is 24.4. The molecule has 1 aliphatic carbocycles. The molecule has 3 heterocycles. The molecule has 0 atom stereocenters. The summed E-state index contributed by atoms with van der Waals surface area (Å²) in [6, 6.07) is 11.3. The van der Waals surface area contributed by atoms with Gasteiger partial charge in [0, 0.05) is 30.0 Å². The number of benzene rings is 2. The number of rotatable bonds is 8. The van der Waals surface area contributed by atoms with Gasteiger partial charge in [0.2, 0.25) is 5.43 Å². The van der Waals surface area contributed by atoms with Gasteiger partial charge in [-0.25, -0.2) is 14.8 Å². The summed E-state index contributed by atoms with van der Waals surface area (Å²) < 4.78 is 11.5. The van der Waals surface area contributed by atoms with Gasteiger partial charge in [-0.2, -0.15) is 0 Å². The minimum absolute atomic E-state index is 0.0551. The van der Waals surface area contributed by atoms with Crippen molar-refractivity contribution in [2.75, 3.05) is 6.54 Å². The molecule has 42 heavy (non-hydrogen) atoms. The van der Waals surface area contributed by atoms with Crippen LogP contribution < -0.4 is 10.7 Å². The van der Waals surface area contributed by atoms with Crippen molar-refractivity contribution in [2.45, 2.75) is 77.2 Å². The summed E-state index contributed by atoms with van der Waals surface area (Å²) in [4.78, 5) is 41.2. The van der Waals surface area contributed by atoms with E-state index in [2.05, 4.69) is 25.3 Å². The number of fused-ring (bicyclic) bond motifs is 2. The highest BCUT2D eigenvalue weighted by Gasteiger charge is 2.20. The first kappa shape index (κ1) is 27.8. The molecule has 9 heteroatoms. The van der Waals surface area contributed by atoms with E-state index in [-0.39, 0.29) is 5.43 Å². The number of carbonyl (C=O) groups excluding carboxylic acids is 1. The lowest BCUT2D eigenvalue weighted by molar-refractivity contribution is 0.0527. The van der Waals surface area contributed by atoms with Crippen molar-refractivity contribution < 1.29 is 13.9 Å². The van der Waals surface area contributed by atoms with E-state index in [1.807, 2.05) is 63.4 Å². The molecule has 9 nitrogen and oxygen atoms in total. The Balaban J connectivity index is 1.14. The fraction of sp³-hybridized carbons (Fsp3) is 0.394. The van der Waals surface area contributed by atoms with Crippen molar-refractivity contribution in [3.8, 4) is 22.5 Å². The number of H-pyrrole nitrogens is 2. The third-order valence-corrected chi connectivity index (χ3v) is 7.77. The van der Waals surface area contributed by atoms with Gasteiger partial charge in [0.15, 0.2) is 0 Å². The van der Waals surface area contributed by atoms with Crippen molar-refractivity contribution in [2.24, 2.45) is 0 Å². The summed E-state index contributed by atoms with van der Waals surface area (Å²) >= 11 is 0. The Hall–Kier alpha value is -4.40. The van der Waals surface area contributed by atoms with Crippen LogP contribution in [0.1, 0.15) is 76.9 Å². The monoisotopic (exact) mass is 567 g/mol. The quantitative estimate of drug-likeness (QED) is 0.134. The molecule has 5 aromatic rings. The van der Waals surface area contributed by atoms with Crippen LogP contribution in [0.5, 0.6) is 0 Å². The van der Waals surface area contributed by atoms with E-state index in [0.29, 0.717) is 34.4 Å². The van der Waals surface area contributed by atoms with Crippen molar-refractivity contribution in [1.29, 1.82) is 0 Å². The maximum absolute atomic E-state index is 13.5. The number of nitrogens with one attached hydrogen (secondary N) is 3. The minimum atomic E-state index is -0.504. The van der Waals surface area contributed by atoms with Gasteiger partial charge in [0.1, 0.15) is 28.4 Å². The highest BCUT2D eigenvalue weighted by atomic mass is 16.6. The van der Waals surface area contributed by atoms with Gasteiger partial charge in [0.25, 0.3) is 0 Å². The highest BCUT2D eigenvalue weighted by molar-refractivity contribution is 5.93. The van der Waals surface area contributed by atoms with Gasteiger partial charge in [-0.05, 0) is 76.8 Å². The molecular weight excluding hydrogens is 530 g/mol. The molecule has 1 amide bonds. The lowest BCUT2D eigenvalue weighted by atomic mass is 10.1. The zero-order chi connectivity index (χ0) is 29.3. The van der Waals surface area contributed by atoms with E-state index in [1.54, 1.807) is 6.20 Å². The average Bonchev–Trinajstić information content (AvgIpc) is 3.74. The van der Waals surface area contributed by atoms with E-state index in [9.17, 15) is 9.59 Å². The smallest absolute Gasteiger partial charge is 0.407 e. The summed E-state index contributed by atoms with van der Waals surface area (Å²) in [6.07, 6.45) is 10.6. The lowest BCUT2D eigenvalue weighted by Crippen LogP contribution is -2.33. The Bertz CT molecular complexity index is 1790. The van der Waals surface area contributed by atoms with Gasteiger partial charge in [-0.1, -0.05) is 18.9 Å². The molecule has 1 aliphatic rings. The molecule has 0 saturated heterocycles. The van der Waals surface area contributed by atoms with Gasteiger partial charge >= 0.3 is 6.09 Å². The number of carbonyl (C=O) groups is 1. The molecular formula is C33H37N5O4. The van der Waals surface area contributed by atoms with Crippen LogP contribution in [0, 0.1) is 0 Å². The number of hydrogen-bond acceptors (Lipinski definition) is 6. The molecule has 2 aromatic carbocycles. The highest BCUT2D eigenvalue weighted by Crippen LogP contribution is 2.34. The van der Waals surface area contributed by atoms with Gasteiger partial charge in [0.05, 0.1) is 34.6 Å². The molecule has 218 valence electrons. The summed E-state index contributed by atoms with van der Waals surface area (Å²) in [5.41, 5.74) is 4.12. The predicted molar refractivity (Wildman–Crippen MR) is 164 cm³/mol. The first-order valence-electron chi connectivity index (χ1n) is 14.8. The van der Waals surface area contributed by atoms with E-state index >= 15 is 0 Å². The summed E-state index contributed by atoms with van der Waals surface area (Å²) in [6.45, 7) is 6.08. The Morgan fingerprint density at radius 3 is 2.50 bits per heavy atom. The number of aromatic amines is 2. The third kappa shape index (κ3) is 6.10. The fourth-order valence-corrected chi connectivity index (χ4v) is 5.64. The van der Waals surface area contributed by atoms with Crippen LogP contribution in [0.25, 0.3) is 44.5 Å². The Morgan fingerprint density at radius 1 is 0.952 bits per heavy atom. The molecule has 3 N–H and O–H groups in total. The van der Waals surface area contributed by atoms with Crippen molar-refractivity contribution in [1.82, 2.24) is 25.3 Å². The van der Waals surface area contributed by atoms with E-state index in [0.717, 1.165) is 53.4 Å². The number of imidazole rings is 2. The van der Waals surface area contributed by atoms with Crippen LogP contribution in [0.15, 0.2) is 58.0 Å². The van der Waals surface area contributed by atoms with Crippen LogP contribution >= 0.6 is 0 Å². The van der Waals surface area contributed by atoms with E-state index in [1.165, 1.54) is 25.7 Å². The Kier molecular flexibility index (Phi) is 7.58. The summed E-state index contributed by atoms with van der Waals surface area (Å²) in [5, 5.41) is 3.87. The molecule has 0 unspecified atom stereocenters. The van der Waals surface area contributed by atoms with Crippen LogP contribution in [0.3, 0.4) is 0 Å².